The molecule has 0 aromatic rings. The van der Waals surface area contributed by atoms with Crippen molar-refractivity contribution in [1.82, 2.24) is 4.90 Å². The van der Waals surface area contributed by atoms with Crippen LogP contribution < -0.4 is 5.73 Å². The number of carboxylic acid groups (broad SMARTS) is 1. The molecular weight excluding hydrogens is 160 g/mol. The van der Waals surface area contributed by atoms with Gasteiger partial charge in [-0.05, 0) is 27.9 Å². The van der Waals surface area contributed by atoms with Gasteiger partial charge in [0.1, 0.15) is 0 Å². The van der Waals surface area contributed by atoms with Gasteiger partial charge in [0.15, 0.2) is 0 Å². The number of carbonyl (C=O) groups is 2. The molecular formula is C7H16N2O3. The third kappa shape index (κ3) is 4.68. The Bertz CT molecular complexity index is 155. The van der Waals surface area contributed by atoms with Crippen molar-refractivity contribution in [3.05, 3.63) is 0 Å². The van der Waals surface area contributed by atoms with Gasteiger partial charge < -0.3 is 10.8 Å². The fourth-order valence-corrected chi connectivity index (χ4v) is 0.220. The third-order valence-corrected chi connectivity index (χ3v) is 1.72. The van der Waals surface area contributed by atoms with Gasteiger partial charge in [0, 0.05) is 0 Å². The molecule has 3 N–H and O–H groups in total. The first-order valence-corrected chi connectivity index (χ1v) is 3.35. The molecule has 0 spiro atoms. The minimum Gasteiger partial charge on any atom is -0.483 e. The first kappa shape index (κ1) is 13.5. The molecule has 0 rings (SSSR count). The molecule has 1 amide bonds. The lowest BCUT2D eigenvalue weighted by Crippen LogP contribution is -2.49. The van der Waals surface area contributed by atoms with Gasteiger partial charge in [-0.1, -0.05) is 0 Å². The Morgan fingerprint density at radius 3 is 1.75 bits per heavy atom. The molecule has 0 radical (unpaired) electrons. The maximum atomic E-state index is 10.6. The van der Waals surface area contributed by atoms with Crippen molar-refractivity contribution < 1.29 is 14.7 Å². The lowest BCUT2D eigenvalue weighted by atomic mass is 10.0. The monoisotopic (exact) mass is 176 g/mol. The van der Waals surface area contributed by atoms with Gasteiger partial charge in [-0.15, -0.1) is 0 Å². The zero-order valence-electron chi connectivity index (χ0n) is 7.87. The minimum atomic E-state index is -0.528. The highest BCUT2D eigenvalue weighted by Crippen LogP contribution is 2.07. The van der Waals surface area contributed by atoms with Crippen molar-refractivity contribution in [2.45, 2.75) is 19.4 Å². The van der Waals surface area contributed by atoms with Gasteiger partial charge in [0.25, 0.3) is 6.47 Å². The molecule has 0 aliphatic carbocycles. The van der Waals surface area contributed by atoms with Crippen molar-refractivity contribution in [3.63, 3.8) is 0 Å². The van der Waals surface area contributed by atoms with Crippen LogP contribution in [0.25, 0.3) is 0 Å². The molecule has 0 heterocycles. The largest absolute Gasteiger partial charge is 0.483 e. The molecule has 0 aliphatic rings. The summed E-state index contributed by atoms with van der Waals surface area (Å²) >= 11 is 0. The SMILES string of the molecule is CN(C)C(C)(C)C(N)=O.O=CO. The number of rotatable bonds is 2. The number of nitrogens with zero attached hydrogens (tertiary/aromatic N) is 1. The van der Waals surface area contributed by atoms with E-state index < -0.39 is 5.54 Å². The molecule has 0 aromatic heterocycles. The Hall–Kier alpha value is -1.10. The van der Waals surface area contributed by atoms with E-state index in [0.717, 1.165) is 0 Å². The lowest BCUT2D eigenvalue weighted by molar-refractivity contribution is -0.126. The Morgan fingerprint density at radius 2 is 1.75 bits per heavy atom. The number of nitrogens with two attached hydrogens (primary N) is 1. The number of hydrogen-bond acceptors (Lipinski definition) is 3. The first-order chi connectivity index (χ1) is 5.30. The molecule has 0 fully saturated rings. The average molecular weight is 176 g/mol. The molecule has 12 heavy (non-hydrogen) atoms. The summed E-state index contributed by atoms with van der Waals surface area (Å²) < 4.78 is 0. The third-order valence-electron chi connectivity index (χ3n) is 1.72. The number of carbonyl (C=O) groups excluding carboxylic acids is 1. The van der Waals surface area contributed by atoms with Crippen LogP contribution in [0.1, 0.15) is 13.8 Å². The van der Waals surface area contributed by atoms with E-state index in [1.807, 2.05) is 14.1 Å². The predicted octanol–water partition coefficient (Wildman–Crippen LogP) is -0.487. The smallest absolute Gasteiger partial charge is 0.290 e. The maximum Gasteiger partial charge on any atom is 0.290 e. The van der Waals surface area contributed by atoms with Crippen molar-refractivity contribution in [1.29, 1.82) is 0 Å². The molecule has 5 nitrogen and oxygen atoms in total. The van der Waals surface area contributed by atoms with E-state index in [1.165, 1.54) is 0 Å². The standard InChI is InChI=1S/C6H14N2O.CH2O2/c1-6(2,5(7)9)8(3)4;2-1-3/h1-4H3,(H2,7,9);1H,(H,2,3). The van der Waals surface area contributed by atoms with Crippen LogP contribution in [-0.2, 0) is 9.59 Å². The van der Waals surface area contributed by atoms with Crippen LogP contribution in [0.3, 0.4) is 0 Å². The summed E-state index contributed by atoms with van der Waals surface area (Å²) in [5, 5.41) is 6.89. The van der Waals surface area contributed by atoms with E-state index in [9.17, 15) is 4.79 Å². The van der Waals surface area contributed by atoms with Crippen LogP contribution in [0.2, 0.25) is 0 Å². The molecule has 5 heteroatoms. The Kier molecular flexibility index (Phi) is 6.22. The Labute approximate surface area is 72.2 Å². The highest BCUT2D eigenvalue weighted by Gasteiger charge is 2.26. The van der Waals surface area contributed by atoms with E-state index in [2.05, 4.69) is 0 Å². The first-order valence-electron chi connectivity index (χ1n) is 3.35. The van der Waals surface area contributed by atoms with Gasteiger partial charge >= 0.3 is 0 Å². The van der Waals surface area contributed by atoms with Crippen molar-refractivity contribution in [2.75, 3.05) is 14.1 Å². The number of likely N-dealkylation sites (N-methyl/N-ethyl adjacent to an activating group) is 1. The molecule has 72 valence electrons. The van der Waals surface area contributed by atoms with E-state index in [0.29, 0.717) is 0 Å². The van der Waals surface area contributed by atoms with E-state index in [-0.39, 0.29) is 12.4 Å². The zero-order valence-corrected chi connectivity index (χ0v) is 7.87. The second-order valence-electron chi connectivity index (χ2n) is 2.92. The summed E-state index contributed by atoms with van der Waals surface area (Å²) in [6.07, 6.45) is 0. The fraction of sp³-hybridized carbons (Fsp3) is 0.714. The number of amides is 1. The summed E-state index contributed by atoms with van der Waals surface area (Å²) in [7, 11) is 3.65. The Morgan fingerprint density at radius 1 is 1.50 bits per heavy atom. The van der Waals surface area contributed by atoms with E-state index in [4.69, 9.17) is 15.6 Å². The van der Waals surface area contributed by atoms with Crippen molar-refractivity contribution in [3.8, 4) is 0 Å². The van der Waals surface area contributed by atoms with E-state index in [1.54, 1.807) is 18.7 Å². The van der Waals surface area contributed by atoms with Gasteiger partial charge in [-0.2, -0.15) is 0 Å². The normalized spacial score (nSPS) is 10.1. The predicted molar refractivity (Wildman–Crippen MR) is 45.7 cm³/mol. The summed E-state index contributed by atoms with van der Waals surface area (Å²) in [6.45, 7) is 3.32. The quantitative estimate of drug-likeness (QED) is 0.556. The highest BCUT2D eigenvalue weighted by atomic mass is 16.3. The van der Waals surface area contributed by atoms with Crippen LogP contribution in [0.15, 0.2) is 0 Å². The van der Waals surface area contributed by atoms with Crippen LogP contribution >= 0.6 is 0 Å². The molecule has 0 bridgehead atoms. The summed E-state index contributed by atoms with van der Waals surface area (Å²) in [4.78, 5) is 20.8. The van der Waals surface area contributed by atoms with Crippen LogP contribution in [0, 0.1) is 0 Å². The summed E-state index contributed by atoms with van der Waals surface area (Å²) in [6, 6.07) is 0. The molecule has 0 aromatic carbocycles. The lowest BCUT2D eigenvalue weighted by Gasteiger charge is -2.28. The summed E-state index contributed by atoms with van der Waals surface area (Å²) in [5.41, 5.74) is 4.56. The highest BCUT2D eigenvalue weighted by molar-refractivity contribution is 5.83. The summed E-state index contributed by atoms with van der Waals surface area (Å²) in [5.74, 6) is -0.299. The molecule has 0 saturated carbocycles. The minimum absolute atomic E-state index is 0.250. The molecule has 0 unspecified atom stereocenters. The fourth-order valence-electron chi connectivity index (χ4n) is 0.220. The van der Waals surface area contributed by atoms with Gasteiger partial charge in [-0.25, -0.2) is 0 Å². The van der Waals surface area contributed by atoms with Gasteiger partial charge in [0.05, 0.1) is 5.54 Å². The van der Waals surface area contributed by atoms with Crippen molar-refractivity contribution in [2.24, 2.45) is 5.73 Å². The second-order valence-corrected chi connectivity index (χ2v) is 2.92. The van der Waals surface area contributed by atoms with E-state index >= 15 is 0 Å². The molecule has 0 atom stereocenters. The van der Waals surface area contributed by atoms with Crippen molar-refractivity contribution >= 4 is 12.4 Å². The zero-order chi connectivity index (χ0) is 10.4. The van der Waals surface area contributed by atoms with Gasteiger partial charge in [-0.3, -0.25) is 14.5 Å². The molecule has 0 aliphatic heterocycles. The van der Waals surface area contributed by atoms with Crippen LogP contribution in [0.4, 0.5) is 0 Å². The molecule has 0 saturated heterocycles. The Balaban J connectivity index is 0. The average Bonchev–Trinajstić information content (AvgIpc) is 1.88. The van der Waals surface area contributed by atoms with Crippen LogP contribution in [0.5, 0.6) is 0 Å². The second kappa shape index (κ2) is 5.54. The van der Waals surface area contributed by atoms with Crippen LogP contribution in [-0.4, -0.2) is 42.0 Å². The van der Waals surface area contributed by atoms with Gasteiger partial charge in [0.2, 0.25) is 5.91 Å². The maximum absolute atomic E-state index is 10.6. The topological polar surface area (TPSA) is 83.6 Å². The number of hydrogen-bond donors (Lipinski definition) is 2. The number of primary amides is 1.